The fourth-order valence-corrected chi connectivity index (χ4v) is 14.4. The second kappa shape index (κ2) is 22.1. The van der Waals surface area contributed by atoms with E-state index in [1.165, 1.54) is 74.2 Å². The number of Topliss-reactive ketones (excluding diaryl/α,β-unsaturated/α-hetero) is 2. The first-order valence-electron chi connectivity index (χ1n) is 20.4. The number of rotatable bonds is 20. The molecule has 2 aromatic carbocycles. The molecule has 0 bridgehead atoms. The van der Waals surface area contributed by atoms with Crippen molar-refractivity contribution in [3.63, 3.8) is 0 Å². The molecule has 6 heterocycles. The number of ketones is 2. The van der Waals surface area contributed by atoms with E-state index in [-0.39, 0.29) is 70.8 Å². The summed E-state index contributed by atoms with van der Waals surface area (Å²) in [6, 6.07) is 14.3. The lowest BCUT2D eigenvalue weighted by Crippen LogP contribution is -2.62. The van der Waals surface area contributed by atoms with E-state index in [1.54, 1.807) is 0 Å². The summed E-state index contributed by atoms with van der Waals surface area (Å²) >= 11 is 7.77. The molecule has 2 aromatic heterocycles. The van der Waals surface area contributed by atoms with E-state index < -0.39 is 89.7 Å². The van der Waals surface area contributed by atoms with Gasteiger partial charge in [0.25, 0.3) is 17.1 Å². The maximum Gasteiger partial charge on any atom is 0.352 e. The van der Waals surface area contributed by atoms with E-state index in [1.807, 2.05) is 35.0 Å². The number of thioether (sulfide) groups is 4. The Morgan fingerprint density at radius 3 is 1.56 bits per heavy atom. The van der Waals surface area contributed by atoms with Crippen molar-refractivity contribution in [1.82, 2.24) is 9.80 Å². The van der Waals surface area contributed by atoms with Gasteiger partial charge in [-0.05, 0) is 52.2 Å². The van der Waals surface area contributed by atoms with Gasteiger partial charge in [0, 0.05) is 75.5 Å². The molecule has 0 saturated carbocycles. The zero-order valence-electron chi connectivity index (χ0n) is 35.7. The van der Waals surface area contributed by atoms with Crippen molar-refractivity contribution in [3.05, 3.63) is 140 Å². The number of carbonyl (C=O) groups is 7. The number of aromatic carboxylic acids is 1. The smallest absolute Gasteiger partial charge is 0.352 e. The Bertz CT molecular complexity index is 2910. The molecule has 4 aromatic rings. The number of fused-ring (bicyclic) bond motifs is 2. The van der Waals surface area contributed by atoms with Gasteiger partial charge in [-0.25, -0.2) is 14.4 Å². The van der Waals surface area contributed by atoms with Crippen LogP contribution in [0.5, 0.6) is 0 Å². The van der Waals surface area contributed by atoms with Crippen molar-refractivity contribution in [2.75, 3.05) is 23.0 Å². The van der Waals surface area contributed by atoms with Crippen molar-refractivity contribution < 1.29 is 63.7 Å². The number of hydrogen-bond donors (Lipinski definition) is 3. The van der Waals surface area contributed by atoms with E-state index in [0.29, 0.717) is 21.8 Å². The van der Waals surface area contributed by atoms with Crippen LogP contribution in [0.1, 0.15) is 33.0 Å². The zero-order chi connectivity index (χ0) is 50.6. The minimum atomic E-state index is -1.44. The third kappa shape index (κ3) is 11.3. The largest absolute Gasteiger partial charge is 0.477 e. The molecule has 4 aliphatic heterocycles. The predicted octanol–water partition coefficient (Wildman–Crippen LogP) is 7.25. The monoisotopic (exact) mass is 1070 g/mol. The summed E-state index contributed by atoms with van der Waals surface area (Å²) in [5.74, 6) is -5.31. The fourth-order valence-electron chi connectivity index (χ4n) is 7.86. The van der Waals surface area contributed by atoms with Crippen LogP contribution in [0, 0.1) is 42.2 Å². The van der Waals surface area contributed by atoms with Gasteiger partial charge < -0.3 is 15.3 Å². The summed E-state index contributed by atoms with van der Waals surface area (Å²) in [6.07, 6.45) is 0.575. The first-order chi connectivity index (χ1) is 33.3. The average Bonchev–Trinajstić information content (AvgIpc) is 4.05. The molecular weight excluding hydrogens is 1030 g/mol. The molecule has 2 saturated heterocycles. The second-order valence-corrected chi connectivity index (χ2v) is 21.9. The van der Waals surface area contributed by atoms with Gasteiger partial charge in [-0.3, -0.25) is 59.3 Å². The number of benzene rings is 2. The van der Waals surface area contributed by atoms with E-state index >= 15 is 0 Å². The van der Waals surface area contributed by atoms with Crippen LogP contribution in [0.25, 0.3) is 0 Å². The van der Waals surface area contributed by atoms with Gasteiger partial charge in [0.15, 0.2) is 0 Å². The number of hydrogen-bond acceptors (Lipinski definition) is 19. The topological polar surface area (TPSA) is 316 Å². The highest BCUT2D eigenvalue weighted by Crippen LogP contribution is 2.48. The summed E-state index contributed by atoms with van der Waals surface area (Å²) in [6.45, 7) is 0. The molecule has 364 valence electrons. The lowest BCUT2D eigenvalue weighted by atomic mass is 9.90. The van der Waals surface area contributed by atoms with Gasteiger partial charge in [-0.15, -0.1) is 69.7 Å². The van der Waals surface area contributed by atoms with Crippen LogP contribution in [-0.2, 0) is 41.6 Å². The summed E-state index contributed by atoms with van der Waals surface area (Å²) in [5, 5.41) is 65.1. The number of nitro groups is 3. The number of carboxylic acids is 3. The summed E-state index contributed by atoms with van der Waals surface area (Å²) < 4.78 is 0. The standard InChI is InChI=1S/C22H18N2O8S3.C21H17N3O8S3/c25-12(6-13-2-1-5-33-13)7-16-19(26)23-18(22(29)30)11(10-35-20(16)23)9-34-14-3-4-17(24(31)32)15(8-14)21(27)28;25-13(7-14-2-1-5-33-14)8-15-19(26)22-18(21(27)28)11(10-35-20(15)22)9-34-17-4-3-12(23(29)30)6-16(17)24(31)32/h1-5,8,16,20H,6-7,9-10H2,(H,27,28)(H,29,30);1-6,15,20H,7-10H2,(H,27,28)/t;15-,20-/m.1/s1. The van der Waals surface area contributed by atoms with Crippen molar-refractivity contribution >= 4 is 128 Å². The van der Waals surface area contributed by atoms with E-state index in [9.17, 15) is 79.2 Å². The summed E-state index contributed by atoms with van der Waals surface area (Å²) in [7, 11) is 0. The molecule has 2 fully saturated rings. The number of non-ortho nitro benzene ring substituents is 1. The average molecular weight is 1070 g/mol. The van der Waals surface area contributed by atoms with Crippen LogP contribution < -0.4 is 0 Å². The van der Waals surface area contributed by atoms with E-state index in [0.717, 1.165) is 51.5 Å². The summed E-state index contributed by atoms with van der Waals surface area (Å²) in [5.41, 5.74) is -1.26. The Kier molecular flexibility index (Phi) is 16.3. The van der Waals surface area contributed by atoms with Gasteiger partial charge in [0.1, 0.15) is 28.5 Å². The number of carbonyl (C=O) groups excluding carboxylic acids is 4. The second-order valence-electron chi connectivity index (χ2n) is 15.5. The molecule has 2 amide bonds. The lowest BCUT2D eigenvalue weighted by Gasteiger charge is -2.49. The minimum Gasteiger partial charge on any atom is -0.477 e. The Hall–Kier alpha value is -6.39. The van der Waals surface area contributed by atoms with Crippen molar-refractivity contribution in [2.45, 2.75) is 46.2 Å². The van der Waals surface area contributed by atoms with Crippen LogP contribution in [0.4, 0.5) is 17.1 Å². The molecule has 3 N–H and O–H groups in total. The molecule has 0 aliphatic carbocycles. The first kappa shape index (κ1) is 51.5. The van der Waals surface area contributed by atoms with Gasteiger partial charge >= 0.3 is 17.9 Å². The van der Waals surface area contributed by atoms with Gasteiger partial charge in [-0.2, -0.15) is 0 Å². The highest BCUT2D eigenvalue weighted by atomic mass is 32.2. The third-order valence-corrected chi connectivity index (χ3v) is 17.9. The number of nitro benzene ring substituents is 3. The Balaban J connectivity index is 0.000000206. The number of carboxylic acid groups (broad SMARTS) is 3. The Morgan fingerprint density at radius 1 is 0.629 bits per heavy atom. The van der Waals surface area contributed by atoms with Crippen molar-refractivity contribution in [3.8, 4) is 0 Å². The highest BCUT2D eigenvalue weighted by Gasteiger charge is 2.55. The van der Waals surface area contributed by atoms with Crippen molar-refractivity contribution in [1.29, 1.82) is 0 Å². The van der Waals surface area contributed by atoms with E-state index in [4.69, 9.17) is 0 Å². The number of thiophene rings is 2. The van der Waals surface area contributed by atoms with Crippen LogP contribution in [-0.4, -0.2) is 115 Å². The molecule has 0 radical (unpaired) electrons. The van der Waals surface area contributed by atoms with Crippen LogP contribution in [0.15, 0.2) is 104 Å². The minimum absolute atomic E-state index is 0.0386. The number of amides is 2. The molecule has 21 nitrogen and oxygen atoms in total. The van der Waals surface area contributed by atoms with Gasteiger partial charge in [0.05, 0.1) is 48.3 Å². The first-order valence-corrected chi connectivity index (χ1v) is 26.3. The number of nitrogens with zero attached hydrogens (tertiary/aromatic N) is 5. The Labute approximate surface area is 419 Å². The number of aliphatic carboxylic acids is 2. The molecule has 27 heteroatoms. The quantitative estimate of drug-likeness (QED) is 0.0339. The highest BCUT2D eigenvalue weighted by molar-refractivity contribution is 8.01. The predicted molar refractivity (Wildman–Crippen MR) is 259 cm³/mol. The van der Waals surface area contributed by atoms with E-state index in [2.05, 4.69) is 0 Å². The molecule has 2 unspecified atom stereocenters. The SMILES string of the molecule is O=C(Cc1cccs1)CC1C(=O)N2C(C(=O)O)=C(CSc3ccc([N+](=O)[O-])c(C(=O)O)c3)CSC12.O=C(Cc1cccs1)C[C@@H]1C(=O)N2C(C(=O)O)=C(CSc3ccc([N+](=O)[O-])cc3[N+](=O)[O-])CS[C@H]12. The summed E-state index contributed by atoms with van der Waals surface area (Å²) in [4.78, 5) is 122. The van der Waals surface area contributed by atoms with Gasteiger partial charge in [0.2, 0.25) is 11.8 Å². The molecule has 4 aliphatic rings. The van der Waals surface area contributed by atoms with Crippen LogP contribution in [0.2, 0.25) is 0 Å². The molecule has 4 atom stereocenters. The van der Waals surface area contributed by atoms with Crippen molar-refractivity contribution in [2.24, 2.45) is 11.8 Å². The Morgan fingerprint density at radius 2 is 1.13 bits per heavy atom. The van der Waals surface area contributed by atoms with Crippen LogP contribution >= 0.6 is 69.7 Å². The third-order valence-electron chi connectivity index (χ3n) is 11.1. The lowest BCUT2D eigenvalue weighted by molar-refractivity contribution is -0.396. The molecular formula is C43H35N5O16S6. The molecule has 70 heavy (non-hydrogen) atoms. The molecule has 8 rings (SSSR count). The maximum atomic E-state index is 12.8. The molecule has 0 spiro atoms. The number of β-lactam (4-membered cyclic amide) rings is 2. The van der Waals surface area contributed by atoms with Crippen LogP contribution in [0.3, 0.4) is 0 Å². The zero-order valence-corrected chi connectivity index (χ0v) is 40.6. The van der Waals surface area contributed by atoms with Gasteiger partial charge in [-0.1, -0.05) is 12.1 Å². The normalized spacial score (nSPS) is 19.2. The fraction of sp³-hybridized carbons (Fsp3) is 0.279. The maximum absolute atomic E-state index is 12.8.